The van der Waals surface area contributed by atoms with E-state index in [9.17, 15) is 28.3 Å². The number of likely N-dealkylation sites (tertiary alicyclic amines) is 1. The number of hydroxylamine groups is 1. The predicted octanol–water partition coefficient (Wildman–Crippen LogP) is 1.57. The molecule has 0 radical (unpaired) electrons. The third-order valence-corrected chi connectivity index (χ3v) is 4.97. The van der Waals surface area contributed by atoms with Gasteiger partial charge in [0.2, 0.25) is 11.8 Å². The van der Waals surface area contributed by atoms with Crippen LogP contribution in [0.5, 0.6) is 0 Å². The topological polar surface area (TPSA) is 119 Å². The van der Waals surface area contributed by atoms with Crippen LogP contribution in [-0.2, 0) is 14.4 Å². The summed E-state index contributed by atoms with van der Waals surface area (Å²) in [7, 11) is 0. The van der Waals surface area contributed by atoms with Gasteiger partial charge in [0, 0.05) is 18.3 Å². The number of nitrogens with zero attached hydrogens (tertiary/aromatic N) is 1. The second-order valence-electron chi connectivity index (χ2n) is 6.98. The molecule has 2 rings (SSSR count). The summed E-state index contributed by atoms with van der Waals surface area (Å²) >= 11 is 0. The minimum Gasteiger partial charge on any atom is -0.382 e. The summed E-state index contributed by atoms with van der Waals surface area (Å²) in [4.78, 5) is 38.5. The van der Waals surface area contributed by atoms with Crippen molar-refractivity contribution in [3.8, 4) is 0 Å². The summed E-state index contributed by atoms with van der Waals surface area (Å²) < 4.78 is 26.4. The number of unbranched alkanes of at least 4 members (excludes halogenated alkanes) is 1. The number of hydrogen-bond acceptors (Lipinski definition) is 5. The number of carbonyl (C=O) groups excluding carboxylic acids is 3. The van der Waals surface area contributed by atoms with Gasteiger partial charge in [-0.05, 0) is 31.4 Å². The third kappa shape index (κ3) is 5.48. The standard InChI is InChI=1S/C19H25F2N3O5/c1-2-3-5-12(16(25)18(27)23-29)19(28)24-9-4-6-15(24)17(26)22-11-7-8-13(20)14(21)10-11/h7-8,10,12,15-16,25,29H,2-6,9H2,1H3,(H,22,26)(H,23,27)/t12-,15+,16+/m1/s1. The van der Waals surface area contributed by atoms with E-state index in [4.69, 9.17) is 5.21 Å². The molecule has 1 aromatic carbocycles. The van der Waals surface area contributed by atoms with E-state index >= 15 is 0 Å². The zero-order chi connectivity index (χ0) is 21.6. The van der Waals surface area contributed by atoms with E-state index < -0.39 is 47.4 Å². The van der Waals surface area contributed by atoms with Crippen LogP contribution < -0.4 is 10.8 Å². The quantitative estimate of drug-likeness (QED) is 0.381. The maximum Gasteiger partial charge on any atom is 0.272 e. The fourth-order valence-electron chi connectivity index (χ4n) is 3.40. The van der Waals surface area contributed by atoms with E-state index in [1.807, 2.05) is 6.92 Å². The molecule has 0 aromatic heterocycles. The molecule has 1 saturated heterocycles. The largest absolute Gasteiger partial charge is 0.382 e. The highest BCUT2D eigenvalue weighted by Gasteiger charge is 2.41. The van der Waals surface area contributed by atoms with Crippen LogP contribution in [0.1, 0.15) is 39.0 Å². The van der Waals surface area contributed by atoms with E-state index in [0.29, 0.717) is 19.3 Å². The molecular formula is C19H25F2N3O5. The fourth-order valence-corrected chi connectivity index (χ4v) is 3.40. The summed E-state index contributed by atoms with van der Waals surface area (Å²) in [5.74, 6) is -5.51. The van der Waals surface area contributed by atoms with Crippen molar-refractivity contribution in [3.05, 3.63) is 29.8 Å². The predicted molar refractivity (Wildman–Crippen MR) is 98.7 cm³/mol. The number of amides is 3. The van der Waals surface area contributed by atoms with Crippen molar-refractivity contribution in [2.45, 2.75) is 51.2 Å². The first kappa shape index (κ1) is 22.7. The van der Waals surface area contributed by atoms with Crippen LogP contribution in [-0.4, -0.2) is 51.6 Å². The molecule has 0 aliphatic carbocycles. The van der Waals surface area contributed by atoms with Crippen LogP contribution in [0.4, 0.5) is 14.5 Å². The number of hydrogen-bond donors (Lipinski definition) is 4. The highest BCUT2D eigenvalue weighted by Crippen LogP contribution is 2.25. The second-order valence-corrected chi connectivity index (χ2v) is 6.98. The highest BCUT2D eigenvalue weighted by atomic mass is 19.2. The molecule has 0 unspecified atom stereocenters. The number of carbonyl (C=O) groups is 3. The first-order valence-electron chi connectivity index (χ1n) is 9.48. The summed E-state index contributed by atoms with van der Waals surface area (Å²) in [6.45, 7) is 2.14. The number of aliphatic hydroxyl groups is 1. The second kappa shape index (κ2) is 10.3. The molecule has 160 valence electrons. The van der Waals surface area contributed by atoms with Crippen LogP contribution in [0.2, 0.25) is 0 Å². The van der Waals surface area contributed by atoms with Crippen molar-refractivity contribution in [2.75, 3.05) is 11.9 Å². The van der Waals surface area contributed by atoms with Crippen LogP contribution in [0.3, 0.4) is 0 Å². The molecule has 1 aromatic rings. The minimum absolute atomic E-state index is 0.0513. The van der Waals surface area contributed by atoms with Crippen molar-refractivity contribution in [1.82, 2.24) is 10.4 Å². The van der Waals surface area contributed by atoms with Gasteiger partial charge in [0.25, 0.3) is 5.91 Å². The van der Waals surface area contributed by atoms with Gasteiger partial charge < -0.3 is 15.3 Å². The molecule has 10 heteroatoms. The van der Waals surface area contributed by atoms with E-state index in [0.717, 1.165) is 18.6 Å². The number of benzene rings is 1. The monoisotopic (exact) mass is 413 g/mol. The molecule has 1 aliphatic heterocycles. The van der Waals surface area contributed by atoms with Crippen molar-refractivity contribution in [1.29, 1.82) is 0 Å². The molecule has 0 saturated carbocycles. The van der Waals surface area contributed by atoms with Gasteiger partial charge in [-0.25, -0.2) is 14.3 Å². The maximum atomic E-state index is 13.4. The molecule has 1 heterocycles. The average Bonchev–Trinajstić information content (AvgIpc) is 3.20. The highest BCUT2D eigenvalue weighted by molar-refractivity contribution is 5.98. The Balaban J connectivity index is 2.15. The van der Waals surface area contributed by atoms with Gasteiger partial charge in [-0.2, -0.15) is 0 Å². The van der Waals surface area contributed by atoms with Crippen molar-refractivity contribution in [3.63, 3.8) is 0 Å². The summed E-state index contributed by atoms with van der Waals surface area (Å²) in [5, 5.41) is 21.4. The van der Waals surface area contributed by atoms with Crippen LogP contribution in [0, 0.1) is 17.6 Å². The number of nitrogens with one attached hydrogen (secondary N) is 2. The Labute approximate surface area is 166 Å². The SMILES string of the molecule is CCCC[C@@H](C(=O)N1CCC[C@H]1C(=O)Nc1ccc(F)c(F)c1)[C@H](O)C(=O)NO. The Kier molecular flexibility index (Phi) is 8.03. The van der Waals surface area contributed by atoms with Gasteiger partial charge in [0.1, 0.15) is 12.1 Å². The molecule has 3 amide bonds. The number of aliphatic hydroxyl groups excluding tert-OH is 1. The minimum atomic E-state index is -1.76. The van der Waals surface area contributed by atoms with Gasteiger partial charge in [-0.1, -0.05) is 19.8 Å². The molecule has 3 atom stereocenters. The normalized spacial score (nSPS) is 18.2. The Hall–Kier alpha value is -2.59. The molecular weight excluding hydrogens is 388 g/mol. The third-order valence-electron chi connectivity index (χ3n) is 4.97. The van der Waals surface area contributed by atoms with Crippen molar-refractivity contribution in [2.24, 2.45) is 5.92 Å². The number of rotatable bonds is 8. The van der Waals surface area contributed by atoms with Gasteiger partial charge in [-0.3, -0.25) is 19.6 Å². The smallest absolute Gasteiger partial charge is 0.272 e. The van der Waals surface area contributed by atoms with Crippen molar-refractivity contribution >= 4 is 23.4 Å². The van der Waals surface area contributed by atoms with E-state index in [1.165, 1.54) is 16.4 Å². The maximum absolute atomic E-state index is 13.4. The lowest BCUT2D eigenvalue weighted by Gasteiger charge is -2.30. The first-order valence-corrected chi connectivity index (χ1v) is 9.48. The molecule has 0 spiro atoms. The Morgan fingerprint density at radius 3 is 2.62 bits per heavy atom. The number of anilines is 1. The lowest BCUT2D eigenvalue weighted by Crippen LogP contribution is -2.50. The Morgan fingerprint density at radius 2 is 2.00 bits per heavy atom. The molecule has 1 aliphatic rings. The fraction of sp³-hybridized carbons (Fsp3) is 0.526. The van der Waals surface area contributed by atoms with Crippen LogP contribution >= 0.6 is 0 Å². The molecule has 4 N–H and O–H groups in total. The zero-order valence-electron chi connectivity index (χ0n) is 16.0. The van der Waals surface area contributed by atoms with Crippen molar-refractivity contribution < 1.29 is 33.5 Å². The molecule has 0 bridgehead atoms. The average molecular weight is 413 g/mol. The lowest BCUT2D eigenvalue weighted by molar-refractivity contribution is -0.152. The summed E-state index contributed by atoms with van der Waals surface area (Å²) in [6.07, 6.45) is 0.615. The molecule has 8 nitrogen and oxygen atoms in total. The van der Waals surface area contributed by atoms with E-state index in [2.05, 4.69) is 5.32 Å². The van der Waals surface area contributed by atoms with Crippen LogP contribution in [0.25, 0.3) is 0 Å². The van der Waals surface area contributed by atoms with Gasteiger partial charge in [-0.15, -0.1) is 0 Å². The lowest BCUT2D eigenvalue weighted by atomic mass is 9.93. The molecule has 1 fully saturated rings. The van der Waals surface area contributed by atoms with Gasteiger partial charge >= 0.3 is 0 Å². The number of halogens is 2. The van der Waals surface area contributed by atoms with E-state index in [-0.39, 0.29) is 18.7 Å². The van der Waals surface area contributed by atoms with Gasteiger partial charge in [0.05, 0.1) is 5.92 Å². The van der Waals surface area contributed by atoms with E-state index in [1.54, 1.807) is 0 Å². The summed E-state index contributed by atoms with van der Waals surface area (Å²) in [6, 6.07) is 2.06. The summed E-state index contributed by atoms with van der Waals surface area (Å²) in [5.41, 5.74) is 1.39. The van der Waals surface area contributed by atoms with Crippen LogP contribution in [0.15, 0.2) is 18.2 Å². The Morgan fingerprint density at radius 1 is 1.28 bits per heavy atom. The molecule has 29 heavy (non-hydrogen) atoms. The first-order chi connectivity index (χ1) is 13.8. The zero-order valence-corrected chi connectivity index (χ0v) is 16.0. The Bertz CT molecular complexity index is 761. The van der Waals surface area contributed by atoms with Gasteiger partial charge in [0.15, 0.2) is 11.6 Å².